The summed E-state index contributed by atoms with van der Waals surface area (Å²) >= 11 is 0. The van der Waals surface area contributed by atoms with Crippen molar-refractivity contribution in [3.63, 3.8) is 0 Å². The molecule has 1 aromatic carbocycles. The normalized spacial score (nSPS) is 17.4. The summed E-state index contributed by atoms with van der Waals surface area (Å²) in [6.07, 6.45) is 5.46. The number of hydrogen-bond donors (Lipinski definition) is 0. The summed E-state index contributed by atoms with van der Waals surface area (Å²) in [7, 11) is 0. The monoisotopic (exact) mass is 347 g/mol. The average molecular weight is 347 g/mol. The quantitative estimate of drug-likeness (QED) is 0.721. The topological polar surface area (TPSA) is 51.4 Å². The van der Waals surface area contributed by atoms with Gasteiger partial charge in [-0.25, -0.2) is 4.98 Å². The highest BCUT2D eigenvalue weighted by atomic mass is 16.5. The molecule has 0 N–H and O–H groups in total. The molecule has 0 radical (unpaired) electrons. The van der Waals surface area contributed by atoms with E-state index in [2.05, 4.69) is 35.0 Å². The molecule has 3 aromatic rings. The summed E-state index contributed by atoms with van der Waals surface area (Å²) in [5.41, 5.74) is 4.58. The van der Waals surface area contributed by atoms with E-state index >= 15 is 0 Å². The van der Waals surface area contributed by atoms with Gasteiger partial charge in [0.15, 0.2) is 0 Å². The molecule has 132 valence electrons. The van der Waals surface area contributed by atoms with Crippen LogP contribution in [0.3, 0.4) is 0 Å². The number of hydrogen-bond acceptors (Lipinski definition) is 5. The molecule has 26 heavy (non-hydrogen) atoms. The third-order valence-corrected chi connectivity index (χ3v) is 5.42. The van der Waals surface area contributed by atoms with Gasteiger partial charge in [-0.05, 0) is 36.2 Å². The van der Waals surface area contributed by atoms with Crippen molar-refractivity contribution >= 4 is 0 Å². The molecule has 0 amide bonds. The van der Waals surface area contributed by atoms with Gasteiger partial charge >= 0.3 is 0 Å². The fourth-order valence-corrected chi connectivity index (χ4v) is 3.82. The van der Waals surface area contributed by atoms with E-state index in [-0.39, 0.29) is 0 Å². The van der Waals surface area contributed by atoms with E-state index < -0.39 is 0 Å². The van der Waals surface area contributed by atoms with Gasteiger partial charge in [0.25, 0.3) is 0 Å². The Hall–Kier alpha value is -2.66. The average Bonchev–Trinajstić information content (AvgIpc) is 3.33. The van der Waals surface area contributed by atoms with Crippen molar-refractivity contribution < 1.29 is 9.15 Å². The molecule has 1 atom stereocenters. The van der Waals surface area contributed by atoms with Gasteiger partial charge in [-0.3, -0.25) is 9.88 Å². The second-order valence-electron chi connectivity index (χ2n) is 6.99. The minimum Gasteiger partial charge on any atom is -0.493 e. The molecule has 0 spiro atoms. The fourth-order valence-electron chi connectivity index (χ4n) is 3.82. The Kier molecular flexibility index (Phi) is 3.75. The van der Waals surface area contributed by atoms with Crippen molar-refractivity contribution in [2.45, 2.75) is 32.4 Å². The van der Waals surface area contributed by atoms with Crippen LogP contribution >= 0.6 is 0 Å². The van der Waals surface area contributed by atoms with E-state index in [1.807, 2.05) is 12.1 Å². The van der Waals surface area contributed by atoms with E-state index in [0.29, 0.717) is 11.9 Å². The number of benzene rings is 1. The molecule has 2 aromatic heterocycles. The molecule has 0 aliphatic carbocycles. The van der Waals surface area contributed by atoms with Crippen molar-refractivity contribution in [3.8, 4) is 17.2 Å². The lowest BCUT2D eigenvalue weighted by Gasteiger charge is -2.31. The second kappa shape index (κ2) is 6.25. The number of fused-ring (bicyclic) bond motifs is 2. The zero-order chi connectivity index (χ0) is 17.5. The Morgan fingerprint density at radius 2 is 2.15 bits per heavy atom. The number of nitrogens with zero attached hydrogens (tertiary/aromatic N) is 3. The largest absolute Gasteiger partial charge is 0.493 e. The van der Waals surface area contributed by atoms with Crippen LogP contribution in [0.15, 0.2) is 47.1 Å². The Morgan fingerprint density at radius 3 is 3.04 bits per heavy atom. The van der Waals surface area contributed by atoms with E-state index in [0.717, 1.165) is 55.3 Å². The molecule has 5 rings (SSSR count). The van der Waals surface area contributed by atoms with Gasteiger partial charge < -0.3 is 9.15 Å². The minimum atomic E-state index is 0.316. The van der Waals surface area contributed by atoms with Gasteiger partial charge in [0.1, 0.15) is 11.5 Å². The second-order valence-corrected chi connectivity index (χ2v) is 6.99. The van der Waals surface area contributed by atoms with E-state index in [1.54, 1.807) is 12.4 Å². The maximum absolute atomic E-state index is 5.99. The summed E-state index contributed by atoms with van der Waals surface area (Å²) in [5.74, 6) is 2.72. The standard InChI is InChI=1S/C21H21N3O2/c1-14(16-5-4-15-7-10-25-20(15)11-16)24-9-6-19-18(13-24)23-21(26-19)17-3-2-8-22-12-17/h2-5,8,11-12,14H,6-7,9-10,13H2,1H3. The number of rotatable bonds is 3. The number of oxazole rings is 1. The zero-order valence-electron chi connectivity index (χ0n) is 14.8. The molecular formula is C21H21N3O2. The molecule has 0 fully saturated rings. The lowest BCUT2D eigenvalue weighted by atomic mass is 10.0. The van der Waals surface area contributed by atoms with Crippen molar-refractivity contribution in [3.05, 3.63) is 65.3 Å². The first-order chi connectivity index (χ1) is 12.8. The van der Waals surface area contributed by atoms with Gasteiger partial charge in [0, 0.05) is 44.4 Å². The van der Waals surface area contributed by atoms with E-state index in [1.165, 1.54) is 11.1 Å². The summed E-state index contributed by atoms with van der Waals surface area (Å²) in [5, 5.41) is 0. The van der Waals surface area contributed by atoms with Crippen molar-refractivity contribution in [1.82, 2.24) is 14.9 Å². The van der Waals surface area contributed by atoms with Crippen LogP contribution in [0.2, 0.25) is 0 Å². The summed E-state index contributed by atoms with van der Waals surface area (Å²) in [6, 6.07) is 10.8. The van der Waals surface area contributed by atoms with Crippen molar-refractivity contribution in [2.75, 3.05) is 13.2 Å². The molecule has 2 aliphatic heterocycles. The minimum absolute atomic E-state index is 0.316. The first-order valence-corrected chi connectivity index (χ1v) is 9.16. The number of pyridine rings is 1. The summed E-state index contributed by atoms with van der Waals surface area (Å²) in [6.45, 7) is 4.83. The van der Waals surface area contributed by atoms with Gasteiger partial charge in [-0.2, -0.15) is 0 Å². The molecule has 5 heteroatoms. The molecule has 0 saturated heterocycles. The Balaban J connectivity index is 1.38. The van der Waals surface area contributed by atoms with Crippen LogP contribution in [0.1, 0.15) is 35.5 Å². The first-order valence-electron chi connectivity index (χ1n) is 9.16. The lowest BCUT2D eigenvalue weighted by Crippen LogP contribution is -2.32. The van der Waals surface area contributed by atoms with E-state index in [4.69, 9.17) is 14.1 Å². The zero-order valence-corrected chi connectivity index (χ0v) is 14.8. The Morgan fingerprint density at radius 1 is 1.19 bits per heavy atom. The van der Waals surface area contributed by atoms with E-state index in [9.17, 15) is 0 Å². The van der Waals surface area contributed by atoms with Crippen molar-refractivity contribution in [1.29, 1.82) is 0 Å². The van der Waals surface area contributed by atoms with Crippen LogP contribution in [-0.4, -0.2) is 28.0 Å². The molecular weight excluding hydrogens is 326 g/mol. The summed E-state index contributed by atoms with van der Waals surface area (Å²) < 4.78 is 11.7. The van der Waals surface area contributed by atoms with Gasteiger partial charge in [0.2, 0.25) is 5.89 Å². The highest BCUT2D eigenvalue weighted by Crippen LogP contribution is 2.33. The van der Waals surface area contributed by atoms with Crippen LogP contribution in [0, 0.1) is 0 Å². The maximum atomic E-state index is 5.99. The predicted octanol–water partition coefficient (Wildman–Crippen LogP) is 3.79. The van der Waals surface area contributed by atoms with Crippen LogP contribution < -0.4 is 4.74 Å². The van der Waals surface area contributed by atoms with Crippen LogP contribution in [0.4, 0.5) is 0 Å². The SMILES string of the molecule is CC(c1ccc2c(c1)OCC2)N1CCc2oc(-c3cccnc3)nc2C1. The van der Waals surface area contributed by atoms with Crippen LogP contribution in [0.25, 0.3) is 11.5 Å². The molecule has 5 nitrogen and oxygen atoms in total. The van der Waals surface area contributed by atoms with Crippen LogP contribution in [0.5, 0.6) is 5.75 Å². The highest BCUT2D eigenvalue weighted by molar-refractivity contribution is 5.51. The molecule has 0 bridgehead atoms. The molecule has 1 unspecified atom stereocenters. The van der Waals surface area contributed by atoms with Gasteiger partial charge in [-0.15, -0.1) is 0 Å². The molecule has 4 heterocycles. The molecule has 0 saturated carbocycles. The van der Waals surface area contributed by atoms with Gasteiger partial charge in [0.05, 0.1) is 17.9 Å². The van der Waals surface area contributed by atoms with Crippen molar-refractivity contribution in [2.24, 2.45) is 0 Å². The maximum Gasteiger partial charge on any atom is 0.228 e. The molecule has 2 aliphatic rings. The number of ether oxygens (including phenoxy) is 1. The third kappa shape index (κ3) is 2.69. The summed E-state index contributed by atoms with van der Waals surface area (Å²) in [4.78, 5) is 11.3. The Bertz CT molecular complexity index is 936. The third-order valence-electron chi connectivity index (χ3n) is 5.42. The van der Waals surface area contributed by atoms with Gasteiger partial charge in [-0.1, -0.05) is 12.1 Å². The Labute approximate surface area is 152 Å². The highest BCUT2D eigenvalue weighted by Gasteiger charge is 2.27. The smallest absolute Gasteiger partial charge is 0.228 e. The first kappa shape index (κ1) is 15.6. The lowest BCUT2D eigenvalue weighted by molar-refractivity contribution is 0.182. The predicted molar refractivity (Wildman–Crippen MR) is 97.9 cm³/mol. The fraction of sp³-hybridized carbons (Fsp3) is 0.333. The van der Waals surface area contributed by atoms with Crippen LogP contribution in [-0.2, 0) is 19.4 Å². The number of aromatic nitrogens is 2.